The first-order valence-corrected chi connectivity index (χ1v) is 5.59. The van der Waals surface area contributed by atoms with Crippen molar-refractivity contribution in [3.05, 3.63) is 29.0 Å². The number of rotatable bonds is 3. The SMILES string of the molecule is COc1nc(Cl)nc(-c2cc(C#N)ccc2OC)n1. The highest BCUT2D eigenvalue weighted by Gasteiger charge is 2.13. The fraction of sp³-hybridized carbons (Fsp3) is 0.167. The Kier molecular flexibility index (Phi) is 3.78. The van der Waals surface area contributed by atoms with Gasteiger partial charge in [-0.15, -0.1) is 0 Å². The van der Waals surface area contributed by atoms with E-state index in [-0.39, 0.29) is 17.1 Å². The Bertz CT molecular complexity index is 655. The maximum absolute atomic E-state index is 8.93. The smallest absolute Gasteiger partial charge is 0.321 e. The lowest BCUT2D eigenvalue weighted by molar-refractivity contribution is 0.378. The quantitative estimate of drug-likeness (QED) is 0.854. The van der Waals surface area contributed by atoms with Crippen molar-refractivity contribution in [3.8, 4) is 29.2 Å². The van der Waals surface area contributed by atoms with Crippen LogP contribution in [0, 0.1) is 11.3 Å². The van der Waals surface area contributed by atoms with E-state index in [2.05, 4.69) is 15.0 Å². The molecule has 0 fully saturated rings. The van der Waals surface area contributed by atoms with E-state index in [9.17, 15) is 0 Å². The van der Waals surface area contributed by atoms with Crippen molar-refractivity contribution >= 4 is 11.6 Å². The third kappa shape index (κ3) is 2.72. The number of halogens is 1. The molecule has 0 bridgehead atoms. The molecule has 0 saturated heterocycles. The normalized spacial score (nSPS) is 9.79. The molecule has 1 heterocycles. The minimum atomic E-state index is 0.00580. The maximum atomic E-state index is 8.93. The molecule has 2 aromatic rings. The van der Waals surface area contributed by atoms with Crippen molar-refractivity contribution < 1.29 is 9.47 Å². The van der Waals surface area contributed by atoms with Gasteiger partial charge in [0.2, 0.25) is 5.28 Å². The Morgan fingerprint density at radius 1 is 1.16 bits per heavy atom. The van der Waals surface area contributed by atoms with Crippen LogP contribution in [-0.4, -0.2) is 29.2 Å². The molecule has 19 heavy (non-hydrogen) atoms. The van der Waals surface area contributed by atoms with Crippen molar-refractivity contribution in [1.29, 1.82) is 5.26 Å². The molecule has 0 aliphatic carbocycles. The van der Waals surface area contributed by atoms with Crippen molar-refractivity contribution in [2.24, 2.45) is 0 Å². The van der Waals surface area contributed by atoms with Gasteiger partial charge in [-0.25, -0.2) is 0 Å². The van der Waals surface area contributed by atoms with Crippen LogP contribution in [0.1, 0.15) is 5.56 Å². The number of benzene rings is 1. The second-order valence-electron chi connectivity index (χ2n) is 3.44. The zero-order chi connectivity index (χ0) is 13.8. The molecule has 0 unspecified atom stereocenters. The van der Waals surface area contributed by atoms with Crippen LogP contribution in [0.2, 0.25) is 5.28 Å². The standard InChI is InChI=1S/C12H9ClN4O2/c1-18-9-4-3-7(6-14)5-8(9)10-15-11(13)17-12(16-10)19-2/h3-5H,1-2H3. The molecule has 96 valence electrons. The molecule has 1 aromatic carbocycles. The largest absolute Gasteiger partial charge is 0.496 e. The van der Waals surface area contributed by atoms with Gasteiger partial charge >= 0.3 is 6.01 Å². The van der Waals surface area contributed by atoms with Gasteiger partial charge in [0.05, 0.1) is 31.4 Å². The van der Waals surface area contributed by atoms with Crippen LogP contribution < -0.4 is 9.47 Å². The third-order valence-corrected chi connectivity index (χ3v) is 2.51. The van der Waals surface area contributed by atoms with Gasteiger partial charge in [-0.2, -0.15) is 20.2 Å². The average Bonchev–Trinajstić information content (AvgIpc) is 2.45. The monoisotopic (exact) mass is 276 g/mol. The molecule has 0 saturated carbocycles. The van der Waals surface area contributed by atoms with Crippen molar-refractivity contribution in [1.82, 2.24) is 15.0 Å². The van der Waals surface area contributed by atoms with Gasteiger partial charge in [-0.05, 0) is 29.8 Å². The van der Waals surface area contributed by atoms with Crippen LogP contribution >= 0.6 is 11.6 Å². The van der Waals surface area contributed by atoms with Crippen LogP contribution in [0.25, 0.3) is 11.4 Å². The minimum absolute atomic E-state index is 0.00580. The number of hydrogen-bond acceptors (Lipinski definition) is 6. The number of ether oxygens (including phenoxy) is 2. The molecule has 0 N–H and O–H groups in total. The third-order valence-electron chi connectivity index (χ3n) is 2.34. The predicted octanol–water partition coefficient (Wildman–Crippen LogP) is 2.08. The van der Waals surface area contributed by atoms with E-state index < -0.39 is 0 Å². The number of hydrogen-bond donors (Lipinski definition) is 0. The van der Waals surface area contributed by atoms with E-state index >= 15 is 0 Å². The van der Waals surface area contributed by atoms with E-state index in [1.165, 1.54) is 14.2 Å². The summed E-state index contributed by atoms with van der Waals surface area (Å²) in [5.74, 6) is 0.814. The molecule has 2 rings (SSSR count). The van der Waals surface area contributed by atoms with Gasteiger partial charge in [-0.3, -0.25) is 0 Å². The fourth-order valence-electron chi connectivity index (χ4n) is 1.50. The summed E-state index contributed by atoms with van der Waals surface area (Å²) >= 11 is 5.80. The van der Waals surface area contributed by atoms with Crippen LogP contribution in [0.3, 0.4) is 0 Å². The summed E-state index contributed by atoms with van der Waals surface area (Å²) in [4.78, 5) is 11.9. The number of nitriles is 1. The second-order valence-corrected chi connectivity index (χ2v) is 3.78. The van der Waals surface area contributed by atoms with E-state index in [1.54, 1.807) is 18.2 Å². The fourth-order valence-corrected chi connectivity index (χ4v) is 1.65. The van der Waals surface area contributed by atoms with Crippen LogP contribution in [-0.2, 0) is 0 Å². The minimum Gasteiger partial charge on any atom is -0.496 e. The lowest BCUT2D eigenvalue weighted by Gasteiger charge is -2.08. The second kappa shape index (κ2) is 5.50. The Labute approximate surface area is 114 Å². The molecule has 0 atom stereocenters. The Morgan fingerprint density at radius 3 is 2.58 bits per heavy atom. The molecule has 0 radical (unpaired) electrons. The molecule has 0 amide bonds. The number of methoxy groups -OCH3 is 2. The summed E-state index contributed by atoms with van der Waals surface area (Å²) < 4.78 is 10.2. The van der Waals surface area contributed by atoms with Crippen molar-refractivity contribution in [2.45, 2.75) is 0 Å². The van der Waals surface area contributed by atoms with Gasteiger partial charge in [0.25, 0.3) is 0 Å². The zero-order valence-electron chi connectivity index (χ0n) is 10.2. The van der Waals surface area contributed by atoms with Gasteiger partial charge in [0.15, 0.2) is 5.82 Å². The Balaban J connectivity index is 2.63. The first-order valence-electron chi connectivity index (χ1n) is 5.22. The highest BCUT2D eigenvalue weighted by molar-refractivity contribution is 6.28. The molecule has 0 spiro atoms. The summed E-state index contributed by atoms with van der Waals surface area (Å²) in [6.07, 6.45) is 0. The molecular weight excluding hydrogens is 268 g/mol. The Hall–Kier alpha value is -2.39. The van der Waals surface area contributed by atoms with Crippen LogP contribution in [0.5, 0.6) is 11.8 Å². The van der Waals surface area contributed by atoms with E-state index in [0.29, 0.717) is 16.9 Å². The van der Waals surface area contributed by atoms with E-state index in [0.717, 1.165) is 0 Å². The van der Waals surface area contributed by atoms with Gasteiger partial charge in [-0.1, -0.05) is 0 Å². The summed E-state index contributed by atoms with van der Waals surface area (Å²) in [5.41, 5.74) is 1.01. The lowest BCUT2D eigenvalue weighted by Crippen LogP contribution is -1.99. The summed E-state index contributed by atoms with van der Waals surface area (Å²) in [7, 11) is 2.95. The summed E-state index contributed by atoms with van der Waals surface area (Å²) in [6, 6.07) is 7.06. The van der Waals surface area contributed by atoms with Crippen LogP contribution in [0.4, 0.5) is 0 Å². The maximum Gasteiger partial charge on any atom is 0.321 e. The van der Waals surface area contributed by atoms with Crippen molar-refractivity contribution in [3.63, 3.8) is 0 Å². The zero-order valence-corrected chi connectivity index (χ0v) is 11.0. The molecular formula is C12H9ClN4O2. The summed E-state index contributed by atoms with van der Waals surface area (Å²) in [6.45, 7) is 0. The van der Waals surface area contributed by atoms with Gasteiger partial charge < -0.3 is 9.47 Å². The molecule has 1 aromatic heterocycles. The highest BCUT2D eigenvalue weighted by atomic mass is 35.5. The Morgan fingerprint density at radius 2 is 1.95 bits per heavy atom. The van der Waals surface area contributed by atoms with E-state index in [4.69, 9.17) is 26.3 Å². The topological polar surface area (TPSA) is 80.9 Å². The average molecular weight is 277 g/mol. The molecule has 7 heteroatoms. The first kappa shape index (κ1) is 13.1. The molecule has 0 aliphatic heterocycles. The highest BCUT2D eigenvalue weighted by Crippen LogP contribution is 2.29. The number of nitrogens with zero attached hydrogens (tertiary/aromatic N) is 4. The van der Waals surface area contributed by atoms with Gasteiger partial charge in [0.1, 0.15) is 5.75 Å². The predicted molar refractivity (Wildman–Crippen MR) is 68.1 cm³/mol. The van der Waals surface area contributed by atoms with Crippen molar-refractivity contribution in [2.75, 3.05) is 14.2 Å². The van der Waals surface area contributed by atoms with Gasteiger partial charge in [0, 0.05) is 0 Å². The molecule has 0 aliphatic rings. The van der Waals surface area contributed by atoms with Crippen LogP contribution in [0.15, 0.2) is 18.2 Å². The number of aromatic nitrogens is 3. The van der Waals surface area contributed by atoms with E-state index in [1.807, 2.05) is 6.07 Å². The first-order chi connectivity index (χ1) is 9.17. The summed E-state index contributed by atoms with van der Waals surface area (Å²) in [5, 5.41) is 8.94. The lowest BCUT2D eigenvalue weighted by atomic mass is 10.1. The molecule has 6 nitrogen and oxygen atoms in total.